The third-order valence-electron chi connectivity index (χ3n) is 3.40. The fourth-order valence-corrected chi connectivity index (χ4v) is 2.45. The number of hydrogen-bond acceptors (Lipinski definition) is 3. The van der Waals surface area contributed by atoms with E-state index in [2.05, 4.69) is 0 Å². The van der Waals surface area contributed by atoms with Crippen molar-refractivity contribution in [3.63, 3.8) is 0 Å². The van der Waals surface area contributed by atoms with Crippen molar-refractivity contribution < 1.29 is 19.5 Å². The lowest BCUT2D eigenvalue weighted by atomic mass is 9.90. The van der Waals surface area contributed by atoms with Gasteiger partial charge in [-0.15, -0.1) is 0 Å². The topological polar surface area (TPSA) is 74.7 Å². The highest BCUT2D eigenvalue weighted by atomic mass is 16.4. The van der Waals surface area contributed by atoms with E-state index in [0.717, 1.165) is 0 Å². The number of rotatable bonds is 2. The van der Waals surface area contributed by atoms with Crippen LogP contribution in [0.1, 0.15) is 10.4 Å². The molecule has 21 heavy (non-hydrogen) atoms. The van der Waals surface area contributed by atoms with E-state index < -0.39 is 23.6 Å². The van der Waals surface area contributed by atoms with Gasteiger partial charge in [-0.3, -0.25) is 19.3 Å². The van der Waals surface area contributed by atoms with E-state index in [9.17, 15) is 19.5 Å². The van der Waals surface area contributed by atoms with E-state index in [4.69, 9.17) is 0 Å². The molecule has 0 radical (unpaired) electrons. The zero-order valence-electron chi connectivity index (χ0n) is 10.9. The van der Waals surface area contributed by atoms with Gasteiger partial charge in [-0.05, 0) is 24.3 Å². The minimum absolute atomic E-state index is 0.244. The second kappa shape index (κ2) is 4.86. The number of carboxylic acid groups (broad SMARTS) is 1. The lowest BCUT2D eigenvalue weighted by Gasteiger charge is -2.31. The van der Waals surface area contributed by atoms with Crippen LogP contribution in [0.2, 0.25) is 0 Å². The number of anilines is 2. The van der Waals surface area contributed by atoms with Gasteiger partial charge in [0.1, 0.15) is 0 Å². The first kappa shape index (κ1) is 13.1. The molecule has 104 valence electrons. The van der Waals surface area contributed by atoms with E-state index in [1.807, 2.05) is 0 Å². The number of Topliss-reactive ketones (excluding diaryl/α,β-unsaturated/α-hetero) is 1. The molecule has 0 spiro atoms. The number of nitrogens with zero attached hydrogens (tertiary/aromatic N) is 1. The summed E-state index contributed by atoms with van der Waals surface area (Å²) >= 11 is 0. The third-order valence-corrected chi connectivity index (χ3v) is 3.40. The monoisotopic (exact) mass is 281 g/mol. The molecule has 5 nitrogen and oxygen atoms in total. The number of para-hydroxylation sites is 2. The summed E-state index contributed by atoms with van der Waals surface area (Å²) in [5, 5.41) is 9.20. The van der Waals surface area contributed by atoms with Gasteiger partial charge in [0.15, 0.2) is 11.7 Å². The molecule has 1 amide bonds. The molecule has 3 rings (SSSR count). The van der Waals surface area contributed by atoms with Gasteiger partial charge in [0.25, 0.3) is 5.91 Å². The van der Waals surface area contributed by atoms with Crippen LogP contribution in [0.4, 0.5) is 11.4 Å². The van der Waals surface area contributed by atoms with Crippen LogP contribution >= 0.6 is 0 Å². The summed E-state index contributed by atoms with van der Waals surface area (Å²) in [4.78, 5) is 37.3. The lowest BCUT2D eigenvalue weighted by molar-refractivity contribution is -0.143. The molecule has 1 heterocycles. The first-order valence-corrected chi connectivity index (χ1v) is 6.36. The summed E-state index contributed by atoms with van der Waals surface area (Å²) < 4.78 is 0. The molecule has 2 aromatic rings. The predicted octanol–water partition coefficient (Wildman–Crippen LogP) is 2.25. The van der Waals surface area contributed by atoms with E-state index >= 15 is 0 Å². The zero-order valence-corrected chi connectivity index (χ0v) is 10.9. The highest BCUT2D eigenvalue weighted by Crippen LogP contribution is 2.36. The van der Waals surface area contributed by atoms with Crippen LogP contribution in [-0.4, -0.2) is 22.8 Å². The number of benzene rings is 2. The first-order valence-electron chi connectivity index (χ1n) is 6.36. The van der Waals surface area contributed by atoms with Crippen LogP contribution in [0.25, 0.3) is 0 Å². The summed E-state index contributed by atoms with van der Waals surface area (Å²) in [5.74, 6) is -4.53. The number of hydrogen-bond donors (Lipinski definition) is 1. The molecule has 0 saturated carbocycles. The van der Waals surface area contributed by atoms with E-state index in [-0.39, 0.29) is 5.56 Å². The molecule has 1 aliphatic heterocycles. The van der Waals surface area contributed by atoms with E-state index in [1.54, 1.807) is 48.5 Å². The molecule has 0 fully saturated rings. The maximum Gasteiger partial charge on any atom is 0.324 e. The molecule has 1 N–H and O–H groups in total. The van der Waals surface area contributed by atoms with Gasteiger partial charge in [-0.2, -0.15) is 0 Å². The lowest BCUT2D eigenvalue weighted by Crippen LogP contribution is -2.45. The Bertz CT molecular complexity index is 739. The number of fused-ring (bicyclic) bond motifs is 1. The SMILES string of the molecule is O=C(O)C1C(=O)c2ccccc2N(c2ccccc2)C1=O. The average molecular weight is 281 g/mol. The average Bonchev–Trinajstić information content (AvgIpc) is 2.48. The van der Waals surface area contributed by atoms with Crippen molar-refractivity contribution in [2.45, 2.75) is 0 Å². The second-order valence-electron chi connectivity index (χ2n) is 4.66. The molecule has 2 aromatic carbocycles. The number of ketones is 1. The van der Waals surface area contributed by atoms with Gasteiger partial charge < -0.3 is 5.11 Å². The molecular formula is C16H11NO4. The van der Waals surface area contributed by atoms with Crippen LogP contribution in [0, 0.1) is 5.92 Å². The van der Waals surface area contributed by atoms with Crippen molar-refractivity contribution in [1.29, 1.82) is 0 Å². The molecule has 0 aliphatic carbocycles. The molecule has 1 aliphatic rings. The van der Waals surface area contributed by atoms with E-state index in [0.29, 0.717) is 11.4 Å². The van der Waals surface area contributed by atoms with Crippen molar-refractivity contribution in [1.82, 2.24) is 0 Å². The Morgan fingerprint density at radius 2 is 1.57 bits per heavy atom. The van der Waals surface area contributed by atoms with Crippen molar-refractivity contribution in [3.8, 4) is 0 Å². The predicted molar refractivity (Wildman–Crippen MR) is 75.5 cm³/mol. The van der Waals surface area contributed by atoms with Gasteiger partial charge in [0.05, 0.1) is 5.69 Å². The number of carboxylic acids is 1. The molecule has 1 unspecified atom stereocenters. The van der Waals surface area contributed by atoms with Gasteiger partial charge >= 0.3 is 5.97 Å². The molecule has 0 aromatic heterocycles. The van der Waals surface area contributed by atoms with Crippen LogP contribution in [0.5, 0.6) is 0 Å². The maximum absolute atomic E-state index is 12.5. The maximum atomic E-state index is 12.5. The first-order chi connectivity index (χ1) is 10.1. The van der Waals surface area contributed by atoms with Crippen molar-refractivity contribution >= 4 is 29.0 Å². The van der Waals surface area contributed by atoms with Gasteiger partial charge in [-0.1, -0.05) is 30.3 Å². The Morgan fingerprint density at radius 3 is 2.24 bits per heavy atom. The Labute approximate surface area is 120 Å². The van der Waals surface area contributed by atoms with Crippen LogP contribution in [0.15, 0.2) is 54.6 Å². The molecular weight excluding hydrogens is 270 g/mol. The molecule has 1 atom stereocenters. The zero-order chi connectivity index (χ0) is 15.0. The van der Waals surface area contributed by atoms with Crippen LogP contribution in [0.3, 0.4) is 0 Å². The van der Waals surface area contributed by atoms with Crippen LogP contribution in [-0.2, 0) is 9.59 Å². The summed E-state index contributed by atoms with van der Waals surface area (Å²) in [7, 11) is 0. The largest absolute Gasteiger partial charge is 0.480 e. The molecule has 5 heteroatoms. The second-order valence-corrected chi connectivity index (χ2v) is 4.66. The number of amides is 1. The van der Waals surface area contributed by atoms with Gasteiger partial charge in [0.2, 0.25) is 0 Å². The third kappa shape index (κ3) is 1.99. The van der Waals surface area contributed by atoms with Crippen molar-refractivity contribution in [2.24, 2.45) is 5.92 Å². The summed E-state index contributed by atoms with van der Waals surface area (Å²) in [6.07, 6.45) is 0. The Morgan fingerprint density at radius 1 is 0.952 bits per heavy atom. The summed E-state index contributed by atoms with van der Waals surface area (Å²) in [6.45, 7) is 0. The normalized spacial score (nSPS) is 17.5. The minimum atomic E-state index is -1.69. The van der Waals surface area contributed by atoms with E-state index in [1.165, 1.54) is 11.0 Å². The Hall–Kier alpha value is -2.95. The summed E-state index contributed by atoms with van der Waals surface area (Å²) in [6, 6.07) is 15.2. The highest BCUT2D eigenvalue weighted by Gasteiger charge is 2.44. The van der Waals surface area contributed by atoms with Crippen molar-refractivity contribution in [2.75, 3.05) is 4.90 Å². The number of carbonyl (C=O) groups is 3. The Balaban J connectivity index is 2.23. The summed E-state index contributed by atoms with van der Waals surface area (Å²) in [5.41, 5.74) is 1.19. The number of aliphatic carboxylic acids is 1. The standard InChI is InChI=1S/C16H11NO4/c18-14-11-8-4-5-9-12(11)17(10-6-2-1-3-7-10)15(19)13(14)16(20)21/h1-9,13H,(H,20,21). The highest BCUT2D eigenvalue weighted by molar-refractivity contribution is 6.31. The number of carbonyl (C=O) groups excluding carboxylic acids is 2. The van der Waals surface area contributed by atoms with Crippen LogP contribution < -0.4 is 4.90 Å². The Kier molecular flexibility index (Phi) is 3.02. The molecule has 0 saturated heterocycles. The molecule has 0 bridgehead atoms. The smallest absolute Gasteiger partial charge is 0.324 e. The van der Waals surface area contributed by atoms with Crippen molar-refractivity contribution in [3.05, 3.63) is 60.2 Å². The van der Waals surface area contributed by atoms with Gasteiger partial charge in [0, 0.05) is 11.3 Å². The fourth-order valence-electron chi connectivity index (χ4n) is 2.45. The minimum Gasteiger partial charge on any atom is -0.480 e. The van der Waals surface area contributed by atoms with Gasteiger partial charge in [-0.25, -0.2) is 0 Å². The fraction of sp³-hybridized carbons (Fsp3) is 0.0625. The quantitative estimate of drug-likeness (QED) is 0.857.